The molecule has 0 fully saturated rings. The lowest BCUT2D eigenvalue weighted by atomic mass is 10.2. The summed E-state index contributed by atoms with van der Waals surface area (Å²) in [5, 5.41) is 2.60. The zero-order valence-corrected chi connectivity index (χ0v) is 14.8. The van der Waals surface area contributed by atoms with Crippen LogP contribution in [0, 0.1) is 6.92 Å². The highest BCUT2D eigenvalue weighted by atomic mass is 16.5. The van der Waals surface area contributed by atoms with Gasteiger partial charge < -0.3 is 19.7 Å². The van der Waals surface area contributed by atoms with E-state index in [1.807, 2.05) is 32.0 Å². The van der Waals surface area contributed by atoms with Crippen LogP contribution in [0.3, 0.4) is 0 Å². The molecule has 2 rings (SSSR count). The van der Waals surface area contributed by atoms with E-state index in [2.05, 4.69) is 5.32 Å². The number of rotatable bonds is 5. The molecule has 0 saturated heterocycles. The molecule has 0 bridgehead atoms. The fraction of sp³-hybridized carbons (Fsp3) is 0.263. The Kier molecular flexibility index (Phi) is 6.00. The minimum absolute atomic E-state index is 0.384. The number of carbonyl (C=O) groups excluding carboxylic acids is 2. The lowest BCUT2D eigenvalue weighted by Gasteiger charge is -2.21. The molecule has 0 heterocycles. The molecule has 6 nitrogen and oxygen atoms in total. The third-order valence-electron chi connectivity index (χ3n) is 3.73. The number of nitrogens with one attached hydrogen (secondary N) is 1. The van der Waals surface area contributed by atoms with Crippen LogP contribution in [-0.4, -0.2) is 32.6 Å². The second kappa shape index (κ2) is 8.19. The number of anilines is 2. The zero-order chi connectivity index (χ0) is 18.4. The number of benzene rings is 2. The SMILES string of the molecule is CCN(C(=O)C(=O)Nc1ccc(OC)cc1OC)c1cccc(C)c1. The van der Waals surface area contributed by atoms with Gasteiger partial charge in [-0.05, 0) is 43.7 Å². The Morgan fingerprint density at radius 1 is 1.08 bits per heavy atom. The number of ether oxygens (including phenoxy) is 2. The molecule has 0 aliphatic carbocycles. The number of hydrogen-bond acceptors (Lipinski definition) is 4. The fourth-order valence-corrected chi connectivity index (χ4v) is 2.44. The van der Waals surface area contributed by atoms with Gasteiger partial charge in [-0.1, -0.05) is 12.1 Å². The van der Waals surface area contributed by atoms with Gasteiger partial charge >= 0.3 is 11.8 Å². The van der Waals surface area contributed by atoms with Crippen molar-refractivity contribution in [3.8, 4) is 11.5 Å². The molecule has 2 aromatic carbocycles. The Morgan fingerprint density at radius 3 is 2.44 bits per heavy atom. The summed E-state index contributed by atoms with van der Waals surface area (Å²) < 4.78 is 10.4. The van der Waals surface area contributed by atoms with Crippen LogP contribution in [0.2, 0.25) is 0 Å². The summed E-state index contributed by atoms with van der Waals surface area (Å²) >= 11 is 0. The van der Waals surface area contributed by atoms with Crippen molar-refractivity contribution in [3.05, 3.63) is 48.0 Å². The molecule has 1 N–H and O–H groups in total. The van der Waals surface area contributed by atoms with Gasteiger partial charge in [0.2, 0.25) is 0 Å². The first-order valence-corrected chi connectivity index (χ1v) is 7.91. The average Bonchev–Trinajstić information content (AvgIpc) is 2.62. The third kappa shape index (κ3) is 4.29. The molecule has 0 unspecified atom stereocenters. The Labute approximate surface area is 147 Å². The molecule has 0 radical (unpaired) electrons. The molecule has 25 heavy (non-hydrogen) atoms. The quantitative estimate of drug-likeness (QED) is 0.848. The number of methoxy groups -OCH3 is 2. The fourth-order valence-electron chi connectivity index (χ4n) is 2.44. The van der Waals surface area contributed by atoms with Crippen molar-refractivity contribution in [3.63, 3.8) is 0 Å². The van der Waals surface area contributed by atoms with Gasteiger partial charge in [-0.15, -0.1) is 0 Å². The van der Waals surface area contributed by atoms with Gasteiger partial charge in [0.05, 0.1) is 19.9 Å². The second-order valence-electron chi connectivity index (χ2n) is 5.41. The predicted molar refractivity (Wildman–Crippen MR) is 97.4 cm³/mol. The molecule has 0 spiro atoms. The first-order chi connectivity index (χ1) is 12.0. The number of hydrogen-bond donors (Lipinski definition) is 1. The van der Waals surface area contributed by atoms with E-state index in [1.54, 1.807) is 24.3 Å². The maximum Gasteiger partial charge on any atom is 0.316 e. The van der Waals surface area contributed by atoms with Crippen molar-refractivity contribution in [1.29, 1.82) is 0 Å². The van der Waals surface area contributed by atoms with Crippen molar-refractivity contribution in [2.24, 2.45) is 0 Å². The van der Waals surface area contributed by atoms with Crippen molar-refractivity contribution >= 4 is 23.2 Å². The van der Waals surface area contributed by atoms with E-state index in [4.69, 9.17) is 9.47 Å². The van der Waals surface area contributed by atoms with Gasteiger partial charge in [-0.25, -0.2) is 0 Å². The predicted octanol–water partition coefficient (Wildman–Crippen LogP) is 3.00. The summed E-state index contributed by atoms with van der Waals surface area (Å²) in [6, 6.07) is 12.4. The van der Waals surface area contributed by atoms with Crippen LogP contribution < -0.4 is 19.7 Å². The lowest BCUT2D eigenvalue weighted by molar-refractivity contribution is -0.134. The highest BCUT2D eigenvalue weighted by Crippen LogP contribution is 2.29. The molecule has 6 heteroatoms. The summed E-state index contributed by atoms with van der Waals surface area (Å²) in [5.74, 6) is -0.354. The molecule has 0 aromatic heterocycles. The van der Waals surface area contributed by atoms with Crippen LogP contribution in [0.15, 0.2) is 42.5 Å². The first-order valence-electron chi connectivity index (χ1n) is 7.91. The lowest BCUT2D eigenvalue weighted by Crippen LogP contribution is -2.39. The first kappa shape index (κ1) is 18.3. The highest BCUT2D eigenvalue weighted by Gasteiger charge is 2.23. The third-order valence-corrected chi connectivity index (χ3v) is 3.73. The molecule has 0 aliphatic heterocycles. The van der Waals surface area contributed by atoms with Crippen LogP contribution in [0.4, 0.5) is 11.4 Å². The molecular weight excluding hydrogens is 320 g/mol. The number of nitrogens with zero attached hydrogens (tertiary/aromatic N) is 1. The monoisotopic (exact) mass is 342 g/mol. The van der Waals surface area contributed by atoms with Crippen LogP contribution in [-0.2, 0) is 9.59 Å². The van der Waals surface area contributed by atoms with Gasteiger partial charge in [-0.3, -0.25) is 9.59 Å². The van der Waals surface area contributed by atoms with Gasteiger partial charge in [0.1, 0.15) is 11.5 Å². The Bertz CT molecular complexity index is 774. The van der Waals surface area contributed by atoms with E-state index in [9.17, 15) is 9.59 Å². The van der Waals surface area contributed by atoms with E-state index in [-0.39, 0.29) is 0 Å². The standard InChI is InChI=1S/C19H22N2O4/c1-5-21(14-8-6-7-13(2)11-14)19(23)18(22)20-16-10-9-15(24-3)12-17(16)25-4/h6-12H,5H2,1-4H3,(H,20,22). The molecule has 0 aliphatic rings. The summed E-state index contributed by atoms with van der Waals surface area (Å²) in [6.45, 7) is 4.14. The van der Waals surface area contributed by atoms with Crippen molar-refractivity contribution in [1.82, 2.24) is 0 Å². The van der Waals surface area contributed by atoms with Crippen molar-refractivity contribution in [2.45, 2.75) is 13.8 Å². The largest absolute Gasteiger partial charge is 0.497 e. The smallest absolute Gasteiger partial charge is 0.316 e. The highest BCUT2D eigenvalue weighted by molar-refractivity contribution is 6.44. The van der Waals surface area contributed by atoms with Gasteiger partial charge in [0.25, 0.3) is 0 Å². The van der Waals surface area contributed by atoms with Crippen LogP contribution in [0.1, 0.15) is 12.5 Å². The van der Waals surface area contributed by atoms with Gasteiger partial charge in [-0.2, -0.15) is 0 Å². The summed E-state index contributed by atoms with van der Waals surface area (Å²) in [4.78, 5) is 26.4. The van der Waals surface area contributed by atoms with E-state index >= 15 is 0 Å². The van der Waals surface area contributed by atoms with E-state index in [0.29, 0.717) is 29.4 Å². The molecule has 132 valence electrons. The minimum atomic E-state index is -0.730. The number of likely N-dealkylation sites (N-methyl/N-ethyl adjacent to an activating group) is 1. The second-order valence-corrected chi connectivity index (χ2v) is 5.41. The van der Waals surface area contributed by atoms with E-state index in [1.165, 1.54) is 19.1 Å². The Balaban J connectivity index is 2.20. The molecule has 0 atom stereocenters. The summed E-state index contributed by atoms with van der Waals surface area (Å²) in [7, 11) is 3.02. The Morgan fingerprint density at radius 2 is 1.84 bits per heavy atom. The number of amides is 2. The van der Waals surface area contributed by atoms with Gasteiger partial charge in [0.15, 0.2) is 0 Å². The Hall–Kier alpha value is -3.02. The van der Waals surface area contributed by atoms with Crippen LogP contribution in [0.25, 0.3) is 0 Å². The van der Waals surface area contributed by atoms with E-state index < -0.39 is 11.8 Å². The van der Waals surface area contributed by atoms with Crippen LogP contribution >= 0.6 is 0 Å². The van der Waals surface area contributed by atoms with Crippen molar-refractivity contribution in [2.75, 3.05) is 31.0 Å². The zero-order valence-electron chi connectivity index (χ0n) is 14.8. The normalized spacial score (nSPS) is 10.1. The maximum atomic E-state index is 12.6. The molecular formula is C19H22N2O4. The number of aryl methyl sites for hydroxylation is 1. The van der Waals surface area contributed by atoms with E-state index in [0.717, 1.165) is 5.56 Å². The number of carbonyl (C=O) groups is 2. The summed E-state index contributed by atoms with van der Waals surface area (Å²) in [5.41, 5.74) is 2.10. The summed E-state index contributed by atoms with van der Waals surface area (Å²) in [6.07, 6.45) is 0. The maximum absolute atomic E-state index is 12.6. The van der Waals surface area contributed by atoms with Crippen LogP contribution in [0.5, 0.6) is 11.5 Å². The molecule has 2 amide bonds. The minimum Gasteiger partial charge on any atom is -0.497 e. The average molecular weight is 342 g/mol. The topological polar surface area (TPSA) is 67.9 Å². The molecule has 2 aromatic rings. The van der Waals surface area contributed by atoms with Gasteiger partial charge in [0, 0.05) is 18.3 Å². The van der Waals surface area contributed by atoms with Crippen molar-refractivity contribution < 1.29 is 19.1 Å². The molecule has 0 saturated carbocycles.